The molecule has 0 spiro atoms. The maximum Gasteiger partial charge on any atom is 0.176 e. The molecule has 3 heterocycles. The van der Waals surface area contributed by atoms with Crippen molar-refractivity contribution in [3.63, 3.8) is 0 Å². The Morgan fingerprint density at radius 2 is 1.93 bits per heavy atom. The number of Topliss-reactive ketones (excluding diaryl/α,β-unsaturated/α-hetero) is 1. The summed E-state index contributed by atoms with van der Waals surface area (Å²) in [5.74, 6) is 0.154. The Balaban J connectivity index is 1.48. The highest BCUT2D eigenvalue weighted by atomic mass is 19.1. The van der Waals surface area contributed by atoms with E-state index in [1.54, 1.807) is 10.9 Å². The topological polar surface area (TPSA) is 63.9 Å². The van der Waals surface area contributed by atoms with Crippen LogP contribution in [0.5, 0.6) is 0 Å². The third-order valence-corrected chi connectivity index (χ3v) is 5.79. The van der Waals surface area contributed by atoms with Crippen molar-refractivity contribution in [3.05, 3.63) is 42.4 Å². The van der Waals surface area contributed by atoms with E-state index in [-0.39, 0.29) is 25.0 Å². The molecule has 158 valence electrons. The van der Waals surface area contributed by atoms with Crippen LogP contribution in [0.25, 0.3) is 22.0 Å². The van der Waals surface area contributed by atoms with Gasteiger partial charge in [-0.1, -0.05) is 19.9 Å². The number of fused-ring (bicyclic) bond motifs is 1. The second kappa shape index (κ2) is 8.22. The molecule has 1 fully saturated rings. The number of aryl methyl sites for hydroxylation is 1. The minimum Gasteiger partial charge on any atom is -0.303 e. The molecular formula is C23H28FN5O. The molecule has 0 amide bonds. The quantitative estimate of drug-likeness (QED) is 0.622. The first-order valence-corrected chi connectivity index (χ1v) is 10.5. The van der Waals surface area contributed by atoms with Crippen LogP contribution in [0.3, 0.4) is 0 Å². The Kier molecular flexibility index (Phi) is 5.64. The Hall–Kier alpha value is -2.67. The van der Waals surface area contributed by atoms with Crippen LogP contribution in [0.2, 0.25) is 0 Å². The van der Waals surface area contributed by atoms with Gasteiger partial charge in [0.1, 0.15) is 0 Å². The Bertz CT molecular complexity index is 1050. The molecule has 0 radical (unpaired) electrons. The van der Waals surface area contributed by atoms with Gasteiger partial charge >= 0.3 is 0 Å². The maximum absolute atomic E-state index is 15.3. The van der Waals surface area contributed by atoms with E-state index in [0.29, 0.717) is 24.7 Å². The summed E-state index contributed by atoms with van der Waals surface area (Å²) in [6.45, 7) is 6.50. The van der Waals surface area contributed by atoms with Crippen molar-refractivity contribution in [1.82, 2.24) is 24.9 Å². The predicted molar refractivity (Wildman–Crippen MR) is 115 cm³/mol. The Labute approximate surface area is 176 Å². The van der Waals surface area contributed by atoms with Gasteiger partial charge in [-0.05, 0) is 29.7 Å². The summed E-state index contributed by atoms with van der Waals surface area (Å²) < 4.78 is 17.1. The number of ketones is 1. The average Bonchev–Trinajstić information content (AvgIpc) is 3.15. The number of nitrogens with zero attached hydrogens (tertiary/aromatic N) is 5. The molecule has 1 aliphatic rings. The zero-order valence-electron chi connectivity index (χ0n) is 17.8. The second-order valence-electron chi connectivity index (χ2n) is 8.77. The van der Waals surface area contributed by atoms with Crippen LogP contribution in [-0.2, 0) is 18.3 Å². The van der Waals surface area contributed by atoms with E-state index < -0.39 is 5.67 Å². The van der Waals surface area contributed by atoms with Crippen molar-refractivity contribution in [2.75, 3.05) is 19.6 Å². The van der Waals surface area contributed by atoms with Gasteiger partial charge in [-0.25, -0.2) is 4.39 Å². The van der Waals surface area contributed by atoms with Crippen molar-refractivity contribution >= 4 is 16.7 Å². The summed E-state index contributed by atoms with van der Waals surface area (Å²) in [6, 6.07) is 7.72. The fraction of sp³-hybridized carbons (Fsp3) is 0.478. The average molecular weight is 410 g/mol. The highest BCUT2D eigenvalue weighted by Gasteiger charge is 2.41. The number of piperidine rings is 1. The molecule has 3 aromatic rings. The van der Waals surface area contributed by atoms with Crippen molar-refractivity contribution in [2.24, 2.45) is 13.0 Å². The van der Waals surface area contributed by atoms with Crippen LogP contribution < -0.4 is 0 Å². The number of alkyl halides is 1. The number of benzene rings is 1. The van der Waals surface area contributed by atoms with Crippen molar-refractivity contribution in [3.8, 4) is 11.1 Å². The van der Waals surface area contributed by atoms with Crippen molar-refractivity contribution in [1.29, 1.82) is 0 Å². The number of rotatable bonds is 6. The third-order valence-electron chi connectivity index (χ3n) is 5.79. The van der Waals surface area contributed by atoms with Gasteiger partial charge in [0.15, 0.2) is 11.5 Å². The lowest BCUT2D eigenvalue weighted by atomic mass is 9.86. The second-order valence-corrected chi connectivity index (χ2v) is 8.77. The number of halogens is 1. The molecule has 0 bridgehead atoms. The lowest BCUT2D eigenvalue weighted by Crippen LogP contribution is -2.47. The zero-order chi connectivity index (χ0) is 21.3. The fourth-order valence-corrected chi connectivity index (χ4v) is 4.13. The van der Waals surface area contributed by atoms with E-state index in [1.807, 2.05) is 37.5 Å². The smallest absolute Gasteiger partial charge is 0.176 e. The monoisotopic (exact) mass is 409 g/mol. The molecule has 1 saturated heterocycles. The van der Waals surface area contributed by atoms with Gasteiger partial charge in [0.05, 0.1) is 23.8 Å². The summed E-state index contributed by atoms with van der Waals surface area (Å²) in [5.41, 5.74) is 1.51. The van der Waals surface area contributed by atoms with Gasteiger partial charge in [0.2, 0.25) is 0 Å². The summed E-state index contributed by atoms with van der Waals surface area (Å²) in [6.07, 6.45) is 4.23. The van der Waals surface area contributed by atoms with Crippen molar-refractivity contribution < 1.29 is 9.18 Å². The van der Waals surface area contributed by atoms with E-state index in [4.69, 9.17) is 0 Å². The van der Waals surface area contributed by atoms with Crippen LogP contribution in [0.1, 0.15) is 32.4 Å². The van der Waals surface area contributed by atoms with E-state index >= 15 is 4.39 Å². The van der Waals surface area contributed by atoms with Crippen molar-refractivity contribution in [2.45, 2.75) is 38.8 Å². The Morgan fingerprint density at radius 3 is 2.60 bits per heavy atom. The normalized spacial score (nSPS) is 17.0. The van der Waals surface area contributed by atoms with Gasteiger partial charge in [-0.15, -0.1) is 0 Å². The maximum atomic E-state index is 15.3. The summed E-state index contributed by atoms with van der Waals surface area (Å²) in [5, 5.41) is 13.5. The van der Waals surface area contributed by atoms with Crippen LogP contribution in [0.15, 0.2) is 36.7 Å². The molecule has 0 aliphatic carbocycles. The first-order chi connectivity index (χ1) is 14.3. The first-order valence-electron chi connectivity index (χ1n) is 10.5. The number of likely N-dealkylation sites (tertiary alicyclic amines) is 1. The molecule has 1 aromatic carbocycles. The molecule has 0 N–H and O–H groups in total. The standard InChI is InChI=1S/C23H28FN5O/c1-16(2)14-29-8-6-23(24,7-9-29)22(30)12-20-11-18-10-17(4-5-21(18)27-26-20)19-13-25-28(3)15-19/h4-5,10-11,13,15-16H,6-9,12,14H2,1-3H3. The van der Waals surface area contributed by atoms with Gasteiger partial charge in [-0.3, -0.25) is 9.48 Å². The number of hydrogen-bond acceptors (Lipinski definition) is 5. The zero-order valence-corrected chi connectivity index (χ0v) is 17.8. The molecule has 4 rings (SSSR count). The number of hydrogen-bond donors (Lipinski definition) is 0. The number of carbonyl (C=O) groups is 1. The first kappa shape index (κ1) is 20.6. The van der Waals surface area contributed by atoms with E-state index in [1.165, 1.54) is 0 Å². The molecular weight excluding hydrogens is 381 g/mol. The van der Waals surface area contributed by atoms with Crippen LogP contribution in [0, 0.1) is 5.92 Å². The molecule has 7 heteroatoms. The third kappa shape index (κ3) is 4.41. The SMILES string of the molecule is CC(C)CN1CCC(F)(C(=O)Cc2cc3cc(-c4cnn(C)c4)ccc3nn2)CC1. The van der Waals surface area contributed by atoms with Crippen LogP contribution in [-0.4, -0.2) is 56.0 Å². The fourth-order valence-electron chi connectivity index (χ4n) is 4.13. The predicted octanol–water partition coefficient (Wildman–Crippen LogP) is 3.60. The highest BCUT2D eigenvalue weighted by molar-refractivity contribution is 5.90. The highest BCUT2D eigenvalue weighted by Crippen LogP contribution is 2.30. The number of carbonyl (C=O) groups excluding carboxylic acids is 1. The minimum atomic E-state index is -1.76. The van der Waals surface area contributed by atoms with Gasteiger partial charge in [0.25, 0.3) is 0 Å². The molecule has 0 saturated carbocycles. The summed E-state index contributed by atoms with van der Waals surface area (Å²) in [4.78, 5) is 15.0. The molecule has 1 aliphatic heterocycles. The minimum absolute atomic E-state index is 0.0270. The largest absolute Gasteiger partial charge is 0.303 e. The summed E-state index contributed by atoms with van der Waals surface area (Å²) in [7, 11) is 1.87. The van der Waals surface area contributed by atoms with Crippen LogP contribution in [0.4, 0.5) is 4.39 Å². The number of aromatic nitrogens is 4. The van der Waals surface area contributed by atoms with Gasteiger partial charge < -0.3 is 4.90 Å². The van der Waals surface area contributed by atoms with Gasteiger partial charge in [-0.2, -0.15) is 15.3 Å². The molecule has 30 heavy (non-hydrogen) atoms. The molecule has 2 aromatic heterocycles. The lowest BCUT2D eigenvalue weighted by molar-refractivity contribution is -0.133. The Morgan fingerprint density at radius 1 is 1.17 bits per heavy atom. The van der Waals surface area contributed by atoms with Gasteiger partial charge in [0, 0.05) is 56.7 Å². The molecule has 0 atom stereocenters. The van der Waals surface area contributed by atoms with E-state index in [2.05, 4.69) is 34.0 Å². The van der Waals surface area contributed by atoms with Crippen LogP contribution >= 0.6 is 0 Å². The lowest BCUT2D eigenvalue weighted by Gasteiger charge is -2.36. The molecule has 0 unspecified atom stereocenters. The molecule has 6 nitrogen and oxygen atoms in total. The van der Waals surface area contributed by atoms with E-state index in [0.717, 1.165) is 28.6 Å². The summed E-state index contributed by atoms with van der Waals surface area (Å²) >= 11 is 0. The van der Waals surface area contributed by atoms with E-state index in [9.17, 15) is 4.79 Å².